The lowest BCUT2D eigenvalue weighted by molar-refractivity contribution is 0.0496. The first-order valence-corrected chi connectivity index (χ1v) is 10.1. The lowest BCUT2D eigenvalue weighted by atomic mass is 9.95. The van der Waals surface area contributed by atoms with E-state index in [0.717, 1.165) is 12.5 Å². The number of nitrogens with one attached hydrogen (secondary N) is 2. The molecule has 0 aromatic rings. The average molecular weight is 339 g/mol. The molecule has 2 fully saturated rings. The van der Waals surface area contributed by atoms with Gasteiger partial charge in [0, 0.05) is 18.6 Å². The zero-order chi connectivity index (χ0) is 17.6. The fraction of sp³-hybridized carbons (Fsp3) is 0.950. The molecule has 0 spiro atoms. The monoisotopic (exact) mass is 338 g/mol. The van der Waals surface area contributed by atoms with E-state index >= 15 is 0 Å². The van der Waals surface area contributed by atoms with Gasteiger partial charge in [-0.1, -0.05) is 32.6 Å². The number of amides is 1. The summed E-state index contributed by atoms with van der Waals surface area (Å²) in [4.78, 5) is 12.1. The van der Waals surface area contributed by atoms with Gasteiger partial charge in [-0.05, 0) is 64.7 Å². The first-order valence-electron chi connectivity index (χ1n) is 10.1. The summed E-state index contributed by atoms with van der Waals surface area (Å²) in [7, 11) is 0. The summed E-state index contributed by atoms with van der Waals surface area (Å²) < 4.78 is 5.42. The highest BCUT2D eigenvalue weighted by Gasteiger charge is 2.33. The summed E-state index contributed by atoms with van der Waals surface area (Å²) in [6.07, 6.45) is 11.5. The van der Waals surface area contributed by atoms with Crippen LogP contribution in [0.5, 0.6) is 0 Å². The molecule has 1 amide bonds. The van der Waals surface area contributed by atoms with Crippen LogP contribution in [0.4, 0.5) is 4.79 Å². The van der Waals surface area contributed by atoms with Gasteiger partial charge in [0.25, 0.3) is 0 Å². The first kappa shape index (κ1) is 19.6. The molecule has 3 unspecified atom stereocenters. The zero-order valence-electron chi connectivity index (χ0n) is 16.2. The minimum Gasteiger partial charge on any atom is -0.444 e. The molecule has 0 aliphatic heterocycles. The fourth-order valence-electron chi connectivity index (χ4n) is 3.87. The molecule has 0 aromatic carbocycles. The van der Waals surface area contributed by atoms with Gasteiger partial charge < -0.3 is 15.4 Å². The van der Waals surface area contributed by atoms with Crippen molar-refractivity contribution >= 4 is 6.09 Å². The van der Waals surface area contributed by atoms with Crippen molar-refractivity contribution in [1.29, 1.82) is 0 Å². The van der Waals surface area contributed by atoms with Gasteiger partial charge in [-0.2, -0.15) is 0 Å². The average Bonchev–Trinajstić information content (AvgIpc) is 3.30. The van der Waals surface area contributed by atoms with Crippen LogP contribution in [-0.4, -0.2) is 30.3 Å². The van der Waals surface area contributed by atoms with E-state index in [2.05, 4.69) is 17.6 Å². The minimum absolute atomic E-state index is 0.217. The molecule has 0 bridgehead atoms. The zero-order valence-corrected chi connectivity index (χ0v) is 16.2. The van der Waals surface area contributed by atoms with Gasteiger partial charge in [-0.25, -0.2) is 4.79 Å². The second kappa shape index (κ2) is 9.07. The van der Waals surface area contributed by atoms with Crippen molar-refractivity contribution in [3.63, 3.8) is 0 Å². The molecule has 140 valence electrons. The third-order valence-electron chi connectivity index (χ3n) is 5.30. The lowest BCUT2D eigenvalue weighted by Gasteiger charge is -2.25. The Balaban J connectivity index is 1.74. The summed E-state index contributed by atoms with van der Waals surface area (Å²) in [5, 5.41) is 6.84. The van der Waals surface area contributed by atoms with E-state index in [0.29, 0.717) is 12.0 Å². The van der Waals surface area contributed by atoms with Gasteiger partial charge in [0.15, 0.2) is 0 Å². The van der Waals surface area contributed by atoms with Crippen molar-refractivity contribution in [2.45, 2.75) is 103 Å². The van der Waals surface area contributed by atoms with E-state index in [4.69, 9.17) is 4.74 Å². The smallest absolute Gasteiger partial charge is 0.407 e. The van der Waals surface area contributed by atoms with Gasteiger partial charge >= 0.3 is 6.09 Å². The quantitative estimate of drug-likeness (QED) is 0.666. The maximum absolute atomic E-state index is 12.1. The van der Waals surface area contributed by atoms with Crippen LogP contribution in [0.25, 0.3) is 0 Å². The predicted octanol–water partition coefficient (Wildman–Crippen LogP) is 4.63. The molecule has 0 saturated heterocycles. The number of alkyl carbamates (subject to hydrolysis) is 1. The van der Waals surface area contributed by atoms with Gasteiger partial charge in [0.05, 0.1) is 0 Å². The van der Waals surface area contributed by atoms with Crippen molar-refractivity contribution in [3.05, 3.63) is 0 Å². The van der Waals surface area contributed by atoms with Crippen molar-refractivity contribution in [2.75, 3.05) is 6.54 Å². The van der Waals surface area contributed by atoms with Crippen LogP contribution in [0.2, 0.25) is 0 Å². The molecular weight excluding hydrogens is 300 g/mol. The summed E-state index contributed by atoms with van der Waals surface area (Å²) >= 11 is 0. The highest BCUT2D eigenvalue weighted by Crippen LogP contribution is 2.33. The molecule has 3 atom stereocenters. The fourth-order valence-corrected chi connectivity index (χ4v) is 3.87. The van der Waals surface area contributed by atoms with Crippen LogP contribution in [0.1, 0.15) is 85.5 Å². The minimum atomic E-state index is -0.429. The highest BCUT2D eigenvalue weighted by atomic mass is 16.6. The molecule has 24 heavy (non-hydrogen) atoms. The third-order valence-corrected chi connectivity index (χ3v) is 5.30. The topological polar surface area (TPSA) is 50.4 Å². The highest BCUT2D eigenvalue weighted by molar-refractivity contribution is 5.68. The molecule has 0 aromatic heterocycles. The van der Waals surface area contributed by atoms with Crippen molar-refractivity contribution in [1.82, 2.24) is 10.6 Å². The molecule has 2 aliphatic carbocycles. The summed E-state index contributed by atoms with van der Waals surface area (Å²) in [6.45, 7) is 8.91. The van der Waals surface area contributed by atoms with Crippen LogP contribution in [-0.2, 0) is 4.74 Å². The Bertz CT molecular complexity index is 388. The van der Waals surface area contributed by atoms with E-state index in [1.54, 1.807) is 0 Å². The number of hydrogen-bond acceptors (Lipinski definition) is 3. The molecule has 4 nitrogen and oxygen atoms in total. The molecule has 2 N–H and O–H groups in total. The Labute approximate surface area is 148 Å². The van der Waals surface area contributed by atoms with Crippen LogP contribution in [0.15, 0.2) is 0 Å². The normalized spacial score (nSPS) is 26.5. The number of ether oxygens (including phenoxy) is 1. The molecule has 2 aliphatic rings. The van der Waals surface area contributed by atoms with E-state index in [-0.39, 0.29) is 12.1 Å². The van der Waals surface area contributed by atoms with Crippen LogP contribution < -0.4 is 10.6 Å². The molecule has 2 rings (SSSR count). The molecular formula is C20H38N2O2. The summed E-state index contributed by atoms with van der Waals surface area (Å²) in [6, 6.07) is 0.836. The number of carbonyl (C=O) groups is 1. The van der Waals surface area contributed by atoms with E-state index in [1.807, 2.05) is 20.8 Å². The largest absolute Gasteiger partial charge is 0.444 e. The van der Waals surface area contributed by atoms with E-state index < -0.39 is 5.60 Å². The Morgan fingerprint density at radius 3 is 2.50 bits per heavy atom. The van der Waals surface area contributed by atoms with Crippen LogP contribution in [0.3, 0.4) is 0 Å². The Hall–Kier alpha value is -0.770. The van der Waals surface area contributed by atoms with E-state index in [1.165, 1.54) is 57.8 Å². The van der Waals surface area contributed by atoms with E-state index in [9.17, 15) is 4.79 Å². The lowest BCUT2D eigenvalue weighted by Crippen LogP contribution is -2.47. The van der Waals surface area contributed by atoms with Crippen molar-refractivity contribution in [3.8, 4) is 0 Å². The standard InChI is InChI=1S/C20H38N2O2/c1-5-7-15-8-6-9-17(13-10-15)21-14-18(16-11-12-16)22-19(23)24-20(2,3)4/h15-18,21H,5-14H2,1-4H3,(H,22,23). The number of rotatable bonds is 7. The van der Waals surface area contributed by atoms with Crippen LogP contribution >= 0.6 is 0 Å². The second-order valence-electron chi connectivity index (χ2n) is 8.86. The second-order valence-corrected chi connectivity index (χ2v) is 8.86. The summed E-state index contributed by atoms with van der Waals surface area (Å²) in [5.74, 6) is 1.56. The molecule has 0 radical (unpaired) electrons. The Morgan fingerprint density at radius 2 is 1.88 bits per heavy atom. The third kappa shape index (κ3) is 7.42. The molecule has 2 saturated carbocycles. The molecule has 4 heteroatoms. The van der Waals surface area contributed by atoms with Crippen molar-refractivity contribution in [2.24, 2.45) is 11.8 Å². The summed E-state index contributed by atoms with van der Waals surface area (Å²) in [5.41, 5.74) is -0.429. The van der Waals surface area contributed by atoms with Crippen molar-refractivity contribution < 1.29 is 9.53 Å². The Morgan fingerprint density at radius 1 is 1.12 bits per heavy atom. The van der Waals surface area contributed by atoms with Gasteiger partial charge in [0.1, 0.15) is 5.60 Å². The Kier molecular flexibility index (Phi) is 7.39. The van der Waals surface area contributed by atoms with Gasteiger partial charge in [0.2, 0.25) is 0 Å². The van der Waals surface area contributed by atoms with Gasteiger partial charge in [-0.3, -0.25) is 0 Å². The SMILES string of the molecule is CCCC1CCCC(NCC(NC(=O)OC(C)(C)C)C2CC2)CC1. The first-order chi connectivity index (χ1) is 11.4. The maximum Gasteiger partial charge on any atom is 0.407 e. The number of carbonyl (C=O) groups excluding carboxylic acids is 1. The maximum atomic E-state index is 12.1. The van der Waals surface area contributed by atoms with Crippen LogP contribution in [0, 0.1) is 11.8 Å². The van der Waals surface area contributed by atoms with Gasteiger partial charge in [-0.15, -0.1) is 0 Å². The molecule has 0 heterocycles. The number of hydrogen-bond donors (Lipinski definition) is 2. The predicted molar refractivity (Wildman–Crippen MR) is 99.2 cm³/mol.